The van der Waals surface area contributed by atoms with E-state index in [9.17, 15) is 13.2 Å². The van der Waals surface area contributed by atoms with Crippen molar-refractivity contribution in [2.24, 2.45) is 5.92 Å². The van der Waals surface area contributed by atoms with Gasteiger partial charge in [0.2, 0.25) is 15.9 Å². The molecule has 2 heterocycles. The second-order valence-electron chi connectivity index (χ2n) is 6.18. The normalized spacial score (nSPS) is 22.6. The molecule has 0 radical (unpaired) electrons. The number of likely N-dealkylation sites (tertiary alicyclic amines) is 1. The number of nitrogens with zero attached hydrogens (tertiary/aromatic N) is 1. The van der Waals surface area contributed by atoms with Gasteiger partial charge >= 0.3 is 0 Å². The maximum atomic E-state index is 12.3. The van der Waals surface area contributed by atoms with Crippen molar-refractivity contribution in [3.63, 3.8) is 0 Å². The molecule has 0 bridgehead atoms. The molecule has 3 rings (SSSR count). The first-order chi connectivity index (χ1) is 11.0. The van der Waals surface area contributed by atoms with Crippen molar-refractivity contribution in [2.45, 2.75) is 42.4 Å². The number of piperidine rings is 1. The van der Waals surface area contributed by atoms with Crippen LogP contribution in [0.3, 0.4) is 0 Å². The molecule has 1 aliphatic heterocycles. The molecule has 1 aromatic heterocycles. The maximum absolute atomic E-state index is 12.3. The summed E-state index contributed by atoms with van der Waals surface area (Å²) in [7, 11) is -3.42. The van der Waals surface area contributed by atoms with Crippen LogP contribution in [0.1, 0.15) is 32.1 Å². The van der Waals surface area contributed by atoms with Crippen LogP contribution in [-0.4, -0.2) is 38.4 Å². The summed E-state index contributed by atoms with van der Waals surface area (Å²) < 4.78 is 27.6. The average molecular weight is 354 g/mol. The second kappa shape index (κ2) is 7.15. The molecule has 0 unspecified atom stereocenters. The Morgan fingerprint density at radius 2 is 2.09 bits per heavy atom. The van der Waals surface area contributed by atoms with Gasteiger partial charge in [0.05, 0.1) is 0 Å². The third-order valence-corrected chi connectivity index (χ3v) is 7.40. The minimum absolute atomic E-state index is 0.0856. The number of hydrogen-bond donors (Lipinski definition) is 1. The summed E-state index contributed by atoms with van der Waals surface area (Å²) in [4.78, 5) is 14.2. The summed E-state index contributed by atoms with van der Waals surface area (Å²) in [5.74, 6) is 0.582. The van der Waals surface area contributed by atoms with Crippen LogP contribution < -0.4 is 4.72 Å². The lowest BCUT2D eigenvalue weighted by molar-refractivity contribution is -0.132. The highest BCUT2D eigenvalue weighted by Gasteiger charge is 2.28. The van der Waals surface area contributed by atoms with E-state index in [0.29, 0.717) is 42.5 Å². The average Bonchev–Trinajstić information content (AvgIpc) is 3.21. The zero-order valence-electron chi connectivity index (χ0n) is 13.0. The highest BCUT2D eigenvalue weighted by molar-refractivity contribution is 7.91. The van der Waals surface area contributed by atoms with E-state index in [1.54, 1.807) is 17.5 Å². The van der Waals surface area contributed by atoms with E-state index in [2.05, 4.69) is 16.9 Å². The van der Waals surface area contributed by atoms with Gasteiger partial charge in [-0.05, 0) is 43.0 Å². The van der Waals surface area contributed by atoms with Crippen LogP contribution in [-0.2, 0) is 14.8 Å². The Hall–Kier alpha value is -1.18. The van der Waals surface area contributed by atoms with Crippen LogP contribution in [0.2, 0.25) is 0 Å². The Morgan fingerprint density at radius 3 is 2.70 bits per heavy atom. The molecule has 5 nitrogen and oxygen atoms in total. The van der Waals surface area contributed by atoms with Crippen molar-refractivity contribution < 1.29 is 13.2 Å². The summed E-state index contributed by atoms with van der Waals surface area (Å²) >= 11 is 1.22. The molecule has 0 aromatic carbocycles. The molecule has 7 heteroatoms. The topological polar surface area (TPSA) is 66.5 Å². The van der Waals surface area contributed by atoms with Gasteiger partial charge in [0, 0.05) is 25.6 Å². The van der Waals surface area contributed by atoms with Gasteiger partial charge in [-0.1, -0.05) is 18.2 Å². The smallest absolute Gasteiger partial charge is 0.250 e. The molecule has 1 fully saturated rings. The second-order valence-corrected chi connectivity index (χ2v) is 9.07. The maximum Gasteiger partial charge on any atom is 0.250 e. The quantitative estimate of drug-likeness (QED) is 0.826. The molecule has 1 N–H and O–H groups in total. The number of nitrogens with one attached hydrogen (secondary N) is 1. The minimum Gasteiger partial charge on any atom is -0.343 e. The van der Waals surface area contributed by atoms with Crippen LogP contribution in [0, 0.1) is 5.92 Å². The molecule has 1 amide bonds. The number of amides is 1. The molecule has 1 saturated heterocycles. The Balaban J connectivity index is 1.48. The molecule has 1 aliphatic carbocycles. The predicted molar refractivity (Wildman–Crippen MR) is 90.7 cm³/mol. The highest BCUT2D eigenvalue weighted by Crippen LogP contribution is 2.23. The molecule has 23 heavy (non-hydrogen) atoms. The molecule has 2 aliphatic rings. The van der Waals surface area contributed by atoms with Gasteiger partial charge in [-0.25, -0.2) is 13.1 Å². The molecule has 126 valence electrons. The van der Waals surface area contributed by atoms with Crippen molar-refractivity contribution >= 4 is 27.3 Å². The summed E-state index contributed by atoms with van der Waals surface area (Å²) in [6.45, 7) is 1.26. The number of carbonyl (C=O) groups excluding carboxylic acids is 1. The van der Waals surface area contributed by atoms with E-state index in [0.717, 1.165) is 12.8 Å². The molecule has 0 saturated carbocycles. The van der Waals surface area contributed by atoms with E-state index >= 15 is 0 Å². The van der Waals surface area contributed by atoms with Crippen molar-refractivity contribution in [3.05, 3.63) is 29.7 Å². The molecule has 1 aromatic rings. The summed E-state index contributed by atoms with van der Waals surface area (Å²) in [6.07, 6.45) is 8.37. The Bertz CT molecular complexity index is 660. The van der Waals surface area contributed by atoms with Crippen molar-refractivity contribution in [2.75, 3.05) is 13.1 Å². The zero-order chi connectivity index (χ0) is 16.3. The lowest BCUT2D eigenvalue weighted by Crippen LogP contribution is -2.46. The lowest BCUT2D eigenvalue weighted by Gasteiger charge is -2.32. The number of rotatable bonds is 5. The molecular weight excluding hydrogens is 332 g/mol. The Morgan fingerprint density at radius 1 is 1.30 bits per heavy atom. The summed E-state index contributed by atoms with van der Waals surface area (Å²) in [6, 6.07) is 3.26. The monoisotopic (exact) mass is 354 g/mol. The van der Waals surface area contributed by atoms with E-state index in [1.165, 1.54) is 11.3 Å². The van der Waals surface area contributed by atoms with Crippen LogP contribution in [0.25, 0.3) is 0 Å². The highest BCUT2D eigenvalue weighted by atomic mass is 32.2. The van der Waals surface area contributed by atoms with Crippen LogP contribution in [0.5, 0.6) is 0 Å². The van der Waals surface area contributed by atoms with Crippen LogP contribution >= 0.6 is 11.3 Å². The van der Waals surface area contributed by atoms with Crippen molar-refractivity contribution in [1.29, 1.82) is 0 Å². The van der Waals surface area contributed by atoms with Crippen LogP contribution in [0.4, 0.5) is 0 Å². The first-order valence-electron chi connectivity index (χ1n) is 8.05. The number of carbonyl (C=O) groups is 1. The van der Waals surface area contributed by atoms with Gasteiger partial charge in [0.1, 0.15) is 4.21 Å². The van der Waals surface area contributed by atoms with Gasteiger partial charge in [-0.15, -0.1) is 11.3 Å². The predicted octanol–water partition coefficient (Wildman–Crippen LogP) is 2.37. The molecule has 1 atom stereocenters. The van der Waals surface area contributed by atoms with Gasteiger partial charge in [-0.2, -0.15) is 0 Å². The third kappa shape index (κ3) is 4.22. The first-order valence-corrected chi connectivity index (χ1v) is 10.4. The Kier molecular flexibility index (Phi) is 5.18. The number of allylic oxidation sites excluding steroid dienone is 2. The summed E-state index contributed by atoms with van der Waals surface area (Å²) in [5, 5.41) is 1.76. The van der Waals surface area contributed by atoms with E-state index in [1.807, 2.05) is 4.90 Å². The van der Waals surface area contributed by atoms with Gasteiger partial charge < -0.3 is 4.90 Å². The third-order valence-electron chi connectivity index (χ3n) is 4.48. The number of hydrogen-bond acceptors (Lipinski definition) is 4. The van der Waals surface area contributed by atoms with E-state index < -0.39 is 10.0 Å². The number of sulfonamides is 1. The fourth-order valence-electron chi connectivity index (χ4n) is 3.16. The largest absolute Gasteiger partial charge is 0.343 e. The fourth-order valence-corrected chi connectivity index (χ4v) is 5.47. The molecule has 0 spiro atoms. The zero-order valence-corrected chi connectivity index (χ0v) is 14.6. The van der Waals surface area contributed by atoms with Gasteiger partial charge in [-0.3, -0.25) is 4.79 Å². The van der Waals surface area contributed by atoms with Gasteiger partial charge in [0.25, 0.3) is 0 Å². The SMILES string of the molecule is O=C(C[C@H]1C=CCC1)N1CCC(NS(=O)(=O)c2cccs2)CC1. The van der Waals surface area contributed by atoms with Crippen LogP contribution in [0.15, 0.2) is 33.9 Å². The minimum atomic E-state index is -3.42. The summed E-state index contributed by atoms with van der Waals surface area (Å²) in [5.41, 5.74) is 0. The van der Waals surface area contributed by atoms with E-state index in [-0.39, 0.29) is 11.9 Å². The van der Waals surface area contributed by atoms with Crippen molar-refractivity contribution in [3.8, 4) is 0 Å². The lowest BCUT2D eigenvalue weighted by atomic mass is 10.0. The number of thiophene rings is 1. The van der Waals surface area contributed by atoms with E-state index in [4.69, 9.17) is 0 Å². The Labute approximate surface area is 141 Å². The molecular formula is C16H22N2O3S2. The standard InChI is InChI=1S/C16H22N2O3S2/c19-15(12-13-4-1-2-5-13)18-9-7-14(8-10-18)17-23(20,21)16-6-3-11-22-16/h1,3-4,6,11,13-14,17H,2,5,7-10,12H2/t13-/m0/s1. The fraction of sp³-hybridized carbons (Fsp3) is 0.562. The first kappa shape index (κ1) is 16.7. The van der Waals surface area contributed by atoms with Crippen molar-refractivity contribution in [1.82, 2.24) is 9.62 Å². The van der Waals surface area contributed by atoms with Gasteiger partial charge in [0.15, 0.2) is 0 Å².